The monoisotopic (exact) mass is 673 g/mol. The smallest absolute Gasteiger partial charge is 0.121 e. The Balaban J connectivity index is 0.968. The van der Waals surface area contributed by atoms with E-state index < -0.39 is 11.7 Å². The molecule has 3 heterocycles. The van der Waals surface area contributed by atoms with E-state index in [9.17, 15) is 20.4 Å². The average Bonchev–Trinajstić information content (AvgIpc) is 3.69. The van der Waals surface area contributed by atoms with Crippen molar-refractivity contribution < 1.29 is 34.4 Å². The number of nitrogens with zero attached hydrogens (tertiary/aromatic N) is 1. The van der Waals surface area contributed by atoms with Gasteiger partial charge < -0.3 is 39.7 Å². The van der Waals surface area contributed by atoms with Crippen LogP contribution < -0.4 is 10.1 Å². The Morgan fingerprint density at radius 1 is 0.918 bits per heavy atom. The van der Waals surface area contributed by atoms with E-state index in [4.69, 9.17) is 9.47 Å². The molecule has 8 nitrogen and oxygen atoms in total. The SMILES string of the molecule is CC(C)(NC[C@H](O)c1ccc(O)c(CO)c1)c1ccc(OCCC[N+]23CCC(CC2)[C@@H](OCC(O)(c2ccccc2)C2CCCC2)C3)cc1. The first-order chi connectivity index (χ1) is 23.6. The van der Waals surface area contributed by atoms with E-state index in [0.29, 0.717) is 36.8 Å². The van der Waals surface area contributed by atoms with Gasteiger partial charge in [0.15, 0.2) is 0 Å². The van der Waals surface area contributed by atoms with Gasteiger partial charge in [-0.05, 0) is 73.6 Å². The van der Waals surface area contributed by atoms with Crippen LogP contribution in [0.25, 0.3) is 0 Å². The van der Waals surface area contributed by atoms with Crippen molar-refractivity contribution in [3.05, 3.63) is 95.1 Å². The van der Waals surface area contributed by atoms with Gasteiger partial charge in [0, 0.05) is 42.8 Å². The quantitative estimate of drug-likeness (QED) is 0.0950. The number of hydrogen-bond acceptors (Lipinski definition) is 7. The van der Waals surface area contributed by atoms with Crippen molar-refractivity contribution in [3.8, 4) is 11.5 Å². The summed E-state index contributed by atoms with van der Waals surface area (Å²) in [4.78, 5) is 0. The van der Waals surface area contributed by atoms with Gasteiger partial charge in [-0.2, -0.15) is 0 Å². The lowest BCUT2D eigenvalue weighted by atomic mass is 9.80. The third-order valence-electron chi connectivity index (χ3n) is 11.9. The van der Waals surface area contributed by atoms with Crippen LogP contribution in [0.5, 0.6) is 11.5 Å². The molecule has 1 aliphatic carbocycles. The number of aliphatic hydroxyl groups is 3. The second-order valence-electron chi connectivity index (χ2n) is 15.4. The Labute approximate surface area is 292 Å². The zero-order valence-corrected chi connectivity index (χ0v) is 29.4. The van der Waals surface area contributed by atoms with Crippen molar-refractivity contribution in [2.45, 2.75) is 88.7 Å². The van der Waals surface area contributed by atoms with E-state index in [-0.39, 0.29) is 29.9 Å². The van der Waals surface area contributed by atoms with Crippen LogP contribution in [0.3, 0.4) is 0 Å². The summed E-state index contributed by atoms with van der Waals surface area (Å²) in [5.74, 6) is 1.73. The van der Waals surface area contributed by atoms with Crippen LogP contribution in [0.15, 0.2) is 72.8 Å². The number of phenols is 1. The molecule has 5 N–H and O–H groups in total. The van der Waals surface area contributed by atoms with Crippen LogP contribution in [0.1, 0.15) is 87.2 Å². The van der Waals surface area contributed by atoms with Gasteiger partial charge in [0.1, 0.15) is 29.7 Å². The zero-order chi connectivity index (χ0) is 34.5. The van der Waals surface area contributed by atoms with E-state index in [1.54, 1.807) is 12.1 Å². The van der Waals surface area contributed by atoms with Gasteiger partial charge in [0.25, 0.3) is 0 Å². The molecule has 3 aliphatic heterocycles. The summed E-state index contributed by atoms with van der Waals surface area (Å²) in [6.45, 7) is 9.77. The third-order valence-corrected chi connectivity index (χ3v) is 11.9. The fraction of sp³-hybridized carbons (Fsp3) is 0.561. The molecule has 266 valence electrons. The second kappa shape index (κ2) is 15.5. The van der Waals surface area contributed by atoms with Crippen molar-refractivity contribution in [2.24, 2.45) is 11.8 Å². The van der Waals surface area contributed by atoms with Crippen LogP contribution in [0.2, 0.25) is 0 Å². The molecule has 8 heteroatoms. The van der Waals surface area contributed by atoms with E-state index >= 15 is 0 Å². The highest BCUT2D eigenvalue weighted by atomic mass is 16.5. The van der Waals surface area contributed by atoms with Gasteiger partial charge in [-0.15, -0.1) is 0 Å². The lowest BCUT2D eigenvalue weighted by Crippen LogP contribution is -2.65. The highest BCUT2D eigenvalue weighted by Gasteiger charge is 2.48. The number of hydrogen-bond donors (Lipinski definition) is 5. The first-order valence-corrected chi connectivity index (χ1v) is 18.4. The molecule has 1 unspecified atom stereocenters. The standard InChI is InChI=1S/C41H56N2O6/c1-40(2,42-26-38(46)31-13-18-37(45)32(25-31)28-44)33-14-16-36(17-15-33)48-24-8-21-43-22-19-30(20-23-43)39(27-43)49-29-41(47,35-11-6-7-12-35)34-9-4-3-5-10-34/h3-5,9-10,13-18,25,30,35,38-39,42,44,46-47H,6-8,11-12,19-24,26-29H2,1-2H3/p+1/t30?,38-,39-,41?,43?/m0/s1. The molecule has 3 atom stereocenters. The predicted octanol–water partition coefficient (Wildman–Crippen LogP) is 5.92. The molecule has 3 saturated heterocycles. The Morgan fingerprint density at radius 3 is 2.33 bits per heavy atom. The van der Waals surface area contributed by atoms with Crippen LogP contribution in [0.4, 0.5) is 0 Å². The second-order valence-corrected chi connectivity index (χ2v) is 15.4. The molecule has 3 aromatic carbocycles. The summed E-state index contributed by atoms with van der Waals surface area (Å²) in [6.07, 6.45) is 7.31. The summed E-state index contributed by atoms with van der Waals surface area (Å²) < 4.78 is 14.0. The fourth-order valence-corrected chi connectivity index (χ4v) is 8.59. The molecule has 49 heavy (non-hydrogen) atoms. The van der Waals surface area contributed by atoms with Gasteiger partial charge in [-0.1, -0.05) is 61.4 Å². The normalized spacial score (nSPS) is 24.5. The van der Waals surface area contributed by atoms with Crippen molar-refractivity contribution in [1.82, 2.24) is 5.32 Å². The molecule has 0 amide bonds. The number of aliphatic hydroxyl groups excluding tert-OH is 2. The Bertz CT molecular complexity index is 1480. The molecular formula is C41H57N2O6+. The number of fused-ring (bicyclic) bond motifs is 3. The van der Waals surface area contributed by atoms with E-state index in [2.05, 4.69) is 43.4 Å². The van der Waals surface area contributed by atoms with Gasteiger partial charge in [0.2, 0.25) is 0 Å². The number of benzene rings is 3. The molecule has 7 rings (SSSR count). The van der Waals surface area contributed by atoms with Crippen molar-refractivity contribution in [2.75, 3.05) is 45.9 Å². The van der Waals surface area contributed by atoms with Crippen LogP contribution >= 0.6 is 0 Å². The van der Waals surface area contributed by atoms with Crippen molar-refractivity contribution in [3.63, 3.8) is 0 Å². The van der Waals surface area contributed by atoms with Crippen LogP contribution in [-0.4, -0.2) is 77.0 Å². The molecule has 4 fully saturated rings. The summed E-state index contributed by atoms with van der Waals surface area (Å²) in [5, 5.41) is 45.5. The Morgan fingerprint density at radius 2 is 1.63 bits per heavy atom. The number of nitrogens with one attached hydrogen (secondary N) is 1. The molecular weight excluding hydrogens is 616 g/mol. The van der Waals surface area contributed by atoms with Gasteiger partial charge >= 0.3 is 0 Å². The number of piperidine rings is 3. The molecule has 0 radical (unpaired) electrons. The fourth-order valence-electron chi connectivity index (χ4n) is 8.59. The maximum Gasteiger partial charge on any atom is 0.121 e. The highest BCUT2D eigenvalue weighted by molar-refractivity contribution is 5.37. The molecule has 1 saturated carbocycles. The maximum absolute atomic E-state index is 12.0. The number of quaternary nitrogens is 1. The molecule has 0 spiro atoms. The van der Waals surface area contributed by atoms with Crippen LogP contribution in [0, 0.1) is 11.8 Å². The zero-order valence-electron chi connectivity index (χ0n) is 29.4. The van der Waals surface area contributed by atoms with Crippen molar-refractivity contribution in [1.29, 1.82) is 0 Å². The molecule has 2 bridgehead atoms. The lowest BCUT2D eigenvalue weighted by Gasteiger charge is -2.53. The van der Waals surface area contributed by atoms with Crippen LogP contribution in [-0.2, 0) is 22.5 Å². The van der Waals surface area contributed by atoms with E-state index in [1.165, 1.54) is 44.8 Å². The minimum atomic E-state index is -0.913. The number of aromatic hydroxyl groups is 1. The van der Waals surface area contributed by atoms with Crippen molar-refractivity contribution >= 4 is 0 Å². The van der Waals surface area contributed by atoms with Gasteiger partial charge in [0.05, 0.1) is 45.6 Å². The number of ether oxygens (including phenoxy) is 2. The Kier molecular flexibility index (Phi) is 11.3. The summed E-state index contributed by atoms with van der Waals surface area (Å²) in [6, 6.07) is 23.2. The van der Waals surface area contributed by atoms with E-state index in [0.717, 1.165) is 53.7 Å². The largest absolute Gasteiger partial charge is 0.508 e. The summed E-state index contributed by atoms with van der Waals surface area (Å²) in [7, 11) is 0. The summed E-state index contributed by atoms with van der Waals surface area (Å²) in [5.41, 5.74) is 1.83. The molecule has 0 aromatic heterocycles. The molecule has 3 aromatic rings. The summed E-state index contributed by atoms with van der Waals surface area (Å²) >= 11 is 0. The highest BCUT2D eigenvalue weighted by Crippen LogP contribution is 2.43. The predicted molar refractivity (Wildman–Crippen MR) is 191 cm³/mol. The third kappa shape index (κ3) is 8.33. The first kappa shape index (κ1) is 35.8. The first-order valence-electron chi connectivity index (χ1n) is 18.4. The minimum Gasteiger partial charge on any atom is -0.508 e. The Hall–Kier alpha value is -2.98. The van der Waals surface area contributed by atoms with Gasteiger partial charge in [-0.25, -0.2) is 0 Å². The maximum atomic E-state index is 12.0. The number of rotatable bonds is 16. The lowest BCUT2D eigenvalue weighted by molar-refractivity contribution is -0.946. The van der Waals surface area contributed by atoms with E-state index in [1.807, 2.05) is 30.3 Å². The topological polar surface area (TPSA) is 111 Å². The minimum absolute atomic E-state index is 0.0240. The van der Waals surface area contributed by atoms with Gasteiger partial charge in [-0.3, -0.25) is 0 Å². The average molecular weight is 674 g/mol. The molecule has 4 aliphatic rings.